The number of carbonyl (C=O) groups is 2. The Labute approximate surface area is 138 Å². The predicted octanol–water partition coefficient (Wildman–Crippen LogP) is 2.15. The summed E-state index contributed by atoms with van der Waals surface area (Å²) in [5.74, 6) is -1.08. The highest BCUT2D eigenvalue weighted by atomic mass is 35.5. The van der Waals surface area contributed by atoms with Crippen LogP contribution in [0.15, 0.2) is 18.2 Å². The minimum Gasteiger partial charge on any atom is -0.480 e. The molecule has 0 aliphatic carbocycles. The van der Waals surface area contributed by atoms with Gasteiger partial charge < -0.3 is 20.4 Å². The normalized spacial score (nSPS) is 15.2. The topological polar surface area (TPSA) is 89.9 Å². The van der Waals surface area contributed by atoms with Gasteiger partial charge in [-0.15, -0.1) is 0 Å². The summed E-state index contributed by atoms with van der Waals surface area (Å²) in [6.07, 6.45) is 0. The molecule has 2 rings (SSSR count). The lowest BCUT2D eigenvalue weighted by Crippen LogP contribution is -2.64. The smallest absolute Gasteiger partial charge is 0.323 e. The Morgan fingerprint density at radius 1 is 1.36 bits per heavy atom. The molecule has 0 aromatic heterocycles. The van der Waals surface area contributed by atoms with Crippen molar-refractivity contribution in [1.29, 1.82) is 0 Å². The number of amides is 2. The van der Waals surface area contributed by atoms with E-state index >= 15 is 0 Å². The number of β-amino-alcohol motifs (C(OH)–C–C–N with tert-alkyl or cyclic N) is 1. The molecule has 1 fully saturated rings. The molecule has 1 aromatic rings. The van der Waals surface area contributed by atoms with Crippen LogP contribution in [0.25, 0.3) is 0 Å². The SMILES string of the molecule is CC1(O)CN(C(=O)NCC(=O)O)C1.Cc1ccc(Cl)cc1Cl. The van der Waals surface area contributed by atoms with Crippen LogP contribution in [0.3, 0.4) is 0 Å². The van der Waals surface area contributed by atoms with Gasteiger partial charge in [0.2, 0.25) is 0 Å². The quantitative estimate of drug-likeness (QED) is 0.763. The predicted molar refractivity (Wildman–Crippen MR) is 84.4 cm³/mol. The maximum atomic E-state index is 11.1. The summed E-state index contributed by atoms with van der Waals surface area (Å²) in [6.45, 7) is 3.67. The van der Waals surface area contributed by atoms with Crippen LogP contribution >= 0.6 is 23.2 Å². The molecule has 1 heterocycles. The number of carbonyl (C=O) groups excluding carboxylic acids is 1. The Morgan fingerprint density at radius 3 is 2.36 bits per heavy atom. The minimum atomic E-state index is -1.08. The number of nitrogens with zero attached hydrogens (tertiary/aromatic N) is 1. The largest absolute Gasteiger partial charge is 0.480 e. The van der Waals surface area contributed by atoms with E-state index in [1.807, 2.05) is 19.1 Å². The maximum absolute atomic E-state index is 11.1. The number of carboxylic acid groups (broad SMARTS) is 1. The van der Waals surface area contributed by atoms with Crippen molar-refractivity contribution in [2.75, 3.05) is 19.6 Å². The van der Waals surface area contributed by atoms with E-state index in [-0.39, 0.29) is 13.1 Å². The van der Waals surface area contributed by atoms with Gasteiger partial charge in [0.15, 0.2) is 0 Å². The molecule has 1 aromatic carbocycles. The molecule has 6 nitrogen and oxygen atoms in total. The summed E-state index contributed by atoms with van der Waals surface area (Å²) >= 11 is 11.4. The van der Waals surface area contributed by atoms with E-state index in [9.17, 15) is 14.7 Å². The highest BCUT2D eigenvalue weighted by Gasteiger charge is 2.39. The first-order valence-electron chi connectivity index (χ1n) is 6.49. The maximum Gasteiger partial charge on any atom is 0.323 e. The Kier molecular flexibility index (Phi) is 6.47. The van der Waals surface area contributed by atoms with E-state index < -0.39 is 24.1 Å². The zero-order valence-electron chi connectivity index (χ0n) is 12.3. The van der Waals surface area contributed by atoms with Crippen LogP contribution in [0.1, 0.15) is 12.5 Å². The van der Waals surface area contributed by atoms with Crippen LogP contribution in [0.5, 0.6) is 0 Å². The molecular weight excluding hydrogens is 331 g/mol. The summed E-state index contributed by atoms with van der Waals surface area (Å²) in [5.41, 5.74) is 0.238. The molecule has 2 amide bonds. The number of likely N-dealkylation sites (tertiary alicyclic amines) is 1. The number of aliphatic hydroxyl groups is 1. The first-order valence-corrected chi connectivity index (χ1v) is 7.25. The third kappa shape index (κ3) is 6.09. The summed E-state index contributed by atoms with van der Waals surface area (Å²) in [5, 5.41) is 21.1. The van der Waals surface area contributed by atoms with Gasteiger partial charge in [0.25, 0.3) is 0 Å². The molecule has 0 radical (unpaired) electrons. The number of halogens is 2. The van der Waals surface area contributed by atoms with Crippen molar-refractivity contribution in [3.05, 3.63) is 33.8 Å². The van der Waals surface area contributed by atoms with Crippen LogP contribution in [0.4, 0.5) is 4.79 Å². The minimum absolute atomic E-state index is 0.248. The van der Waals surface area contributed by atoms with Gasteiger partial charge in [-0.25, -0.2) is 4.79 Å². The van der Waals surface area contributed by atoms with Crippen LogP contribution in [-0.2, 0) is 4.79 Å². The number of nitrogens with one attached hydrogen (secondary N) is 1. The van der Waals surface area contributed by atoms with Crippen molar-refractivity contribution >= 4 is 35.2 Å². The van der Waals surface area contributed by atoms with E-state index in [2.05, 4.69) is 5.32 Å². The fraction of sp³-hybridized carbons (Fsp3) is 0.429. The van der Waals surface area contributed by atoms with Crippen molar-refractivity contribution < 1.29 is 19.8 Å². The van der Waals surface area contributed by atoms with Crippen LogP contribution < -0.4 is 5.32 Å². The third-order valence-electron chi connectivity index (χ3n) is 2.87. The van der Waals surface area contributed by atoms with Crippen molar-refractivity contribution in [2.24, 2.45) is 0 Å². The van der Waals surface area contributed by atoms with Gasteiger partial charge in [-0.3, -0.25) is 4.79 Å². The van der Waals surface area contributed by atoms with E-state index in [0.717, 1.165) is 10.6 Å². The summed E-state index contributed by atoms with van der Waals surface area (Å²) in [4.78, 5) is 22.5. The van der Waals surface area contributed by atoms with Gasteiger partial charge in [-0.1, -0.05) is 29.3 Å². The molecule has 1 aliphatic rings. The molecule has 3 N–H and O–H groups in total. The lowest BCUT2D eigenvalue weighted by molar-refractivity contribution is -0.135. The highest BCUT2D eigenvalue weighted by molar-refractivity contribution is 6.35. The molecule has 122 valence electrons. The Morgan fingerprint density at radius 2 is 1.95 bits per heavy atom. The number of hydrogen-bond donors (Lipinski definition) is 3. The lowest BCUT2D eigenvalue weighted by Gasteiger charge is -2.43. The van der Waals surface area contributed by atoms with E-state index in [4.69, 9.17) is 28.3 Å². The van der Waals surface area contributed by atoms with Crippen LogP contribution in [-0.4, -0.2) is 52.3 Å². The lowest BCUT2D eigenvalue weighted by atomic mass is 9.98. The number of rotatable bonds is 2. The molecule has 0 spiro atoms. The second kappa shape index (κ2) is 7.67. The Balaban J connectivity index is 0.000000235. The average Bonchev–Trinajstić information content (AvgIpc) is 2.38. The number of aliphatic carboxylic acids is 1. The van der Waals surface area contributed by atoms with Crippen molar-refractivity contribution in [2.45, 2.75) is 19.4 Å². The molecule has 0 atom stereocenters. The standard InChI is InChI=1S/C7H6Cl2.C7H12N2O4/c1-5-2-3-6(8)4-7(5)9;1-7(13)3-9(4-7)6(12)8-2-5(10)11/h2-4H,1H3;13H,2-4H2,1H3,(H,8,12)(H,10,11). The summed E-state index contributed by atoms with van der Waals surface area (Å²) in [6, 6.07) is 5.00. The summed E-state index contributed by atoms with van der Waals surface area (Å²) in [7, 11) is 0. The van der Waals surface area contributed by atoms with Gasteiger partial charge >= 0.3 is 12.0 Å². The van der Waals surface area contributed by atoms with Gasteiger partial charge in [0.1, 0.15) is 6.54 Å². The summed E-state index contributed by atoms with van der Waals surface area (Å²) < 4.78 is 0. The second-order valence-electron chi connectivity index (χ2n) is 5.30. The van der Waals surface area contributed by atoms with E-state index in [1.54, 1.807) is 13.0 Å². The number of urea groups is 1. The van der Waals surface area contributed by atoms with E-state index in [0.29, 0.717) is 5.02 Å². The Hall–Kier alpha value is -1.50. The molecular formula is C14H18Cl2N2O4. The first kappa shape index (κ1) is 18.5. The van der Waals surface area contributed by atoms with Crippen molar-refractivity contribution in [3.8, 4) is 0 Å². The molecule has 8 heteroatoms. The Bertz CT molecular complexity index is 556. The first-order chi connectivity index (χ1) is 10.1. The second-order valence-corrected chi connectivity index (χ2v) is 6.14. The number of hydrogen-bond acceptors (Lipinski definition) is 3. The number of benzene rings is 1. The number of carboxylic acids is 1. The van der Waals surface area contributed by atoms with Gasteiger partial charge in [0, 0.05) is 10.0 Å². The number of aryl methyl sites for hydroxylation is 1. The van der Waals surface area contributed by atoms with Gasteiger partial charge in [-0.2, -0.15) is 0 Å². The van der Waals surface area contributed by atoms with E-state index in [1.165, 1.54) is 4.90 Å². The highest BCUT2D eigenvalue weighted by Crippen LogP contribution is 2.19. The van der Waals surface area contributed by atoms with Crippen molar-refractivity contribution in [1.82, 2.24) is 10.2 Å². The van der Waals surface area contributed by atoms with Crippen LogP contribution in [0.2, 0.25) is 10.0 Å². The van der Waals surface area contributed by atoms with Gasteiger partial charge in [0.05, 0.1) is 18.7 Å². The molecule has 22 heavy (non-hydrogen) atoms. The molecule has 1 aliphatic heterocycles. The van der Waals surface area contributed by atoms with Gasteiger partial charge in [-0.05, 0) is 31.5 Å². The molecule has 0 bridgehead atoms. The van der Waals surface area contributed by atoms with Crippen molar-refractivity contribution in [3.63, 3.8) is 0 Å². The monoisotopic (exact) mass is 348 g/mol. The fourth-order valence-corrected chi connectivity index (χ4v) is 2.16. The molecule has 0 unspecified atom stereocenters. The molecule has 1 saturated heterocycles. The van der Waals surface area contributed by atoms with Crippen LogP contribution in [0, 0.1) is 6.92 Å². The molecule has 0 saturated carbocycles. The third-order valence-corrected chi connectivity index (χ3v) is 3.52. The average molecular weight is 349 g/mol. The zero-order chi connectivity index (χ0) is 16.9. The fourth-order valence-electron chi connectivity index (χ4n) is 1.75. The zero-order valence-corrected chi connectivity index (χ0v) is 13.8.